The van der Waals surface area contributed by atoms with Gasteiger partial charge in [-0.2, -0.15) is 0 Å². The van der Waals surface area contributed by atoms with Crippen molar-refractivity contribution in [2.24, 2.45) is 0 Å². The minimum Gasteiger partial charge on any atom is -0.508 e. The Morgan fingerprint density at radius 1 is 1.04 bits per heavy atom. The molecule has 1 aromatic rings. The third kappa shape index (κ3) is 12.9. The number of benzene rings is 1. The van der Waals surface area contributed by atoms with Crippen LogP contribution in [0.4, 0.5) is 0 Å². The van der Waals surface area contributed by atoms with E-state index in [9.17, 15) is 9.90 Å². The van der Waals surface area contributed by atoms with Gasteiger partial charge in [0.15, 0.2) is 0 Å². The summed E-state index contributed by atoms with van der Waals surface area (Å²) in [6.07, 6.45) is 8.14. The normalized spacial score (nSPS) is 11.5. The highest BCUT2D eigenvalue weighted by Gasteiger charge is 2.04. The quantitative estimate of drug-likeness (QED) is 0.460. The first-order chi connectivity index (χ1) is 11.5. The second kappa shape index (κ2) is 15.0. The van der Waals surface area contributed by atoms with E-state index in [4.69, 9.17) is 10.2 Å². The van der Waals surface area contributed by atoms with Crippen LogP contribution in [0, 0.1) is 0 Å². The number of unbranched alkanes of at least 4 members (excludes halogenated alkanes) is 6. The SMILES string of the molecule is CCCCCCCCCC(=O)O.CNCC(O)c1ccc(O)cc1. The molecule has 0 spiro atoms. The van der Waals surface area contributed by atoms with Crippen molar-refractivity contribution in [1.82, 2.24) is 5.32 Å². The van der Waals surface area contributed by atoms with E-state index in [2.05, 4.69) is 12.2 Å². The molecule has 0 aromatic heterocycles. The molecule has 0 amide bonds. The maximum Gasteiger partial charge on any atom is 0.303 e. The smallest absolute Gasteiger partial charge is 0.303 e. The minimum atomic E-state index is -0.663. The predicted octanol–water partition coefficient (Wildman–Crippen LogP) is 3.86. The van der Waals surface area contributed by atoms with Crippen LogP contribution in [0.5, 0.6) is 5.75 Å². The standard InChI is InChI=1S/C10H20O2.C9H13NO2/c1-2-3-4-5-6-7-8-9-10(11)12;1-10-6-9(12)7-2-4-8(11)5-3-7/h2-9H2,1H3,(H,11,12);2-5,9-12H,6H2,1H3. The summed E-state index contributed by atoms with van der Waals surface area (Å²) in [5.41, 5.74) is 0.808. The lowest BCUT2D eigenvalue weighted by atomic mass is 10.1. The van der Waals surface area contributed by atoms with Crippen molar-refractivity contribution >= 4 is 5.97 Å². The number of hydrogen-bond acceptors (Lipinski definition) is 4. The van der Waals surface area contributed by atoms with Crippen LogP contribution in [0.1, 0.15) is 70.0 Å². The highest BCUT2D eigenvalue weighted by atomic mass is 16.4. The molecule has 1 unspecified atom stereocenters. The number of rotatable bonds is 11. The van der Waals surface area contributed by atoms with Crippen LogP contribution in [0.25, 0.3) is 0 Å². The van der Waals surface area contributed by atoms with Crippen LogP contribution < -0.4 is 5.32 Å². The molecular formula is C19H33NO4. The summed E-state index contributed by atoms with van der Waals surface area (Å²) < 4.78 is 0. The Labute approximate surface area is 145 Å². The average molecular weight is 339 g/mol. The fraction of sp³-hybridized carbons (Fsp3) is 0.632. The highest BCUT2D eigenvalue weighted by molar-refractivity contribution is 5.66. The number of aromatic hydroxyl groups is 1. The fourth-order valence-corrected chi connectivity index (χ4v) is 2.24. The number of nitrogens with one attached hydrogen (secondary N) is 1. The van der Waals surface area contributed by atoms with E-state index in [0.29, 0.717) is 13.0 Å². The molecule has 1 atom stereocenters. The summed E-state index contributed by atoms with van der Waals surface area (Å²) in [4.78, 5) is 10.1. The van der Waals surface area contributed by atoms with Gasteiger partial charge in [-0.3, -0.25) is 4.79 Å². The lowest BCUT2D eigenvalue weighted by molar-refractivity contribution is -0.137. The van der Waals surface area contributed by atoms with Gasteiger partial charge in [0.05, 0.1) is 6.10 Å². The Morgan fingerprint density at radius 3 is 2.08 bits per heavy atom. The molecule has 1 aromatic carbocycles. The second-order valence-corrected chi connectivity index (χ2v) is 5.93. The number of carboxylic acids is 1. The molecule has 0 fully saturated rings. The number of carbonyl (C=O) groups is 1. The van der Waals surface area contributed by atoms with Gasteiger partial charge in [-0.1, -0.05) is 57.6 Å². The maximum atomic E-state index is 10.1. The third-order valence-electron chi connectivity index (χ3n) is 3.67. The van der Waals surface area contributed by atoms with Crippen molar-refractivity contribution in [3.05, 3.63) is 29.8 Å². The topological polar surface area (TPSA) is 89.8 Å². The molecule has 0 aliphatic heterocycles. The largest absolute Gasteiger partial charge is 0.508 e. The second-order valence-electron chi connectivity index (χ2n) is 5.93. The van der Waals surface area contributed by atoms with Crippen LogP contribution in [-0.4, -0.2) is 34.9 Å². The maximum absolute atomic E-state index is 10.1. The van der Waals surface area contributed by atoms with E-state index < -0.39 is 12.1 Å². The van der Waals surface area contributed by atoms with E-state index in [0.717, 1.165) is 18.4 Å². The number of phenolic OH excluding ortho intramolecular Hbond substituents is 1. The first kappa shape index (κ1) is 22.4. The Bertz CT molecular complexity index is 420. The first-order valence-corrected chi connectivity index (χ1v) is 8.84. The van der Waals surface area contributed by atoms with E-state index in [1.807, 2.05) is 0 Å². The van der Waals surface area contributed by atoms with Gasteiger partial charge in [0.25, 0.3) is 0 Å². The Balaban J connectivity index is 0.000000441. The van der Waals surface area contributed by atoms with Crippen LogP contribution >= 0.6 is 0 Å². The number of likely N-dealkylation sites (N-methyl/N-ethyl adjacent to an activating group) is 1. The predicted molar refractivity (Wildman–Crippen MR) is 97.2 cm³/mol. The minimum absolute atomic E-state index is 0.218. The molecule has 0 heterocycles. The summed E-state index contributed by atoms with van der Waals surface area (Å²) in [7, 11) is 1.78. The third-order valence-corrected chi connectivity index (χ3v) is 3.67. The van der Waals surface area contributed by atoms with Crippen molar-refractivity contribution in [3.8, 4) is 5.75 Å². The van der Waals surface area contributed by atoms with Gasteiger partial charge in [-0.25, -0.2) is 0 Å². The molecule has 4 N–H and O–H groups in total. The zero-order chi connectivity index (χ0) is 18.2. The lowest BCUT2D eigenvalue weighted by Gasteiger charge is -2.09. The van der Waals surface area contributed by atoms with Crippen molar-refractivity contribution in [2.45, 2.75) is 64.4 Å². The molecule has 0 bridgehead atoms. The van der Waals surface area contributed by atoms with Crippen molar-refractivity contribution in [3.63, 3.8) is 0 Å². The van der Waals surface area contributed by atoms with Crippen LogP contribution in [0.2, 0.25) is 0 Å². The highest BCUT2D eigenvalue weighted by Crippen LogP contribution is 2.15. The van der Waals surface area contributed by atoms with Crippen molar-refractivity contribution in [1.29, 1.82) is 0 Å². The number of phenols is 1. The Morgan fingerprint density at radius 2 is 1.58 bits per heavy atom. The number of aliphatic hydroxyl groups excluding tert-OH is 1. The summed E-state index contributed by atoms with van der Waals surface area (Å²) in [6.45, 7) is 2.72. The van der Waals surface area contributed by atoms with Crippen molar-refractivity contribution in [2.75, 3.05) is 13.6 Å². The van der Waals surface area contributed by atoms with Gasteiger partial charge >= 0.3 is 5.97 Å². The molecular weight excluding hydrogens is 306 g/mol. The zero-order valence-corrected chi connectivity index (χ0v) is 15.0. The van der Waals surface area contributed by atoms with Crippen molar-refractivity contribution < 1.29 is 20.1 Å². The zero-order valence-electron chi connectivity index (χ0n) is 15.0. The van der Waals surface area contributed by atoms with E-state index >= 15 is 0 Å². The summed E-state index contributed by atoms with van der Waals surface area (Å²) in [5.74, 6) is -0.445. The lowest BCUT2D eigenvalue weighted by Crippen LogP contribution is -2.16. The van der Waals surface area contributed by atoms with Gasteiger partial charge in [-0.15, -0.1) is 0 Å². The van der Waals surface area contributed by atoms with Gasteiger partial charge in [0, 0.05) is 13.0 Å². The Hall–Kier alpha value is -1.59. The molecule has 0 aliphatic rings. The fourth-order valence-electron chi connectivity index (χ4n) is 2.24. The molecule has 0 aliphatic carbocycles. The number of aliphatic carboxylic acids is 1. The summed E-state index contributed by atoms with van der Waals surface area (Å²) in [5, 5.41) is 29.7. The van der Waals surface area contributed by atoms with Gasteiger partial charge < -0.3 is 20.6 Å². The van der Waals surface area contributed by atoms with Crippen LogP contribution in [-0.2, 0) is 4.79 Å². The van der Waals surface area contributed by atoms with E-state index in [1.165, 1.54) is 32.1 Å². The molecule has 138 valence electrons. The van der Waals surface area contributed by atoms with Gasteiger partial charge in [0.1, 0.15) is 5.75 Å². The number of carboxylic acid groups (broad SMARTS) is 1. The Kier molecular flexibility index (Phi) is 14.0. The summed E-state index contributed by atoms with van der Waals surface area (Å²) in [6, 6.07) is 6.54. The first-order valence-electron chi connectivity index (χ1n) is 8.84. The summed E-state index contributed by atoms with van der Waals surface area (Å²) >= 11 is 0. The molecule has 5 nitrogen and oxygen atoms in total. The average Bonchev–Trinajstić information content (AvgIpc) is 2.55. The molecule has 1 rings (SSSR count). The van der Waals surface area contributed by atoms with Crippen LogP contribution in [0.15, 0.2) is 24.3 Å². The van der Waals surface area contributed by atoms with Crippen LogP contribution in [0.3, 0.4) is 0 Å². The number of aliphatic hydroxyl groups is 1. The molecule has 0 radical (unpaired) electrons. The molecule has 24 heavy (non-hydrogen) atoms. The van der Waals surface area contributed by atoms with E-state index in [1.54, 1.807) is 31.3 Å². The molecule has 5 heteroatoms. The van der Waals surface area contributed by atoms with Gasteiger partial charge in [0.2, 0.25) is 0 Å². The van der Waals surface area contributed by atoms with E-state index in [-0.39, 0.29) is 5.75 Å². The van der Waals surface area contributed by atoms with Gasteiger partial charge in [-0.05, 0) is 31.2 Å². The molecule has 0 saturated heterocycles. The monoisotopic (exact) mass is 339 g/mol. The molecule has 0 saturated carbocycles. The number of hydrogen-bond donors (Lipinski definition) is 4.